The van der Waals surface area contributed by atoms with Crippen LogP contribution in [0.3, 0.4) is 0 Å². The first-order valence-electron chi connectivity index (χ1n) is 25.8. The molecule has 0 aliphatic heterocycles. The van der Waals surface area contributed by atoms with E-state index in [-0.39, 0.29) is 77.1 Å². The first kappa shape index (κ1) is 62.5. The highest BCUT2D eigenvalue weighted by Gasteiger charge is 2.18. The number of aliphatic hydroxyl groups excluding tert-OH is 1. The van der Waals surface area contributed by atoms with Gasteiger partial charge in [0, 0.05) is 36.3 Å². The number of aryl methyl sites for hydroxylation is 3. The average molecular weight is 1150 g/mol. The summed E-state index contributed by atoms with van der Waals surface area (Å²) in [4.78, 5) is 45.1. The maximum atomic E-state index is 14.3. The number of ether oxygens (including phenoxy) is 4. The largest absolute Gasteiger partial charge is 0.503 e. The number of esters is 2. The van der Waals surface area contributed by atoms with E-state index >= 15 is 0 Å². The van der Waals surface area contributed by atoms with Crippen molar-refractivity contribution in [3.8, 4) is 34.3 Å². The third-order valence-electron chi connectivity index (χ3n) is 11.8. The summed E-state index contributed by atoms with van der Waals surface area (Å²) >= 11 is 0. The molecule has 0 saturated heterocycles. The molecule has 0 radical (unpaired) electrons. The summed E-state index contributed by atoms with van der Waals surface area (Å²) in [5, 5.41) is 26.5. The van der Waals surface area contributed by atoms with E-state index in [1.807, 2.05) is 95.6 Å². The minimum Gasteiger partial charge on any atom is -0.503 e. The van der Waals surface area contributed by atoms with Gasteiger partial charge in [-0.3, -0.25) is 23.5 Å². The lowest BCUT2D eigenvalue weighted by molar-refractivity contribution is -0.144. The number of hydrogen-bond acceptors (Lipinski definition) is 12. The number of hydrogen-bond donors (Lipinski definition) is 3. The van der Waals surface area contributed by atoms with Crippen molar-refractivity contribution in [1.82, 2.24) is 28.7 Å². The molecule has 0 aliphatic rings. The number of carboxylic acids is 1. The molecule has 6 aromatic carbocycles. The summed E-state index contributed by atoms with van der Waals surface area (Å²) in [5.74, 6) is -9.22. The Kier molecular flexibility index (Phi) is 24.0. The van der Waals surface area contributed by atoms with Gasteiger partial charge in [0.1, 0.15) is 13.2 Å². The number of phenolic OH excluding ortho intramolecular Hbond substituents is 1. The smallest absolute Gasteiger partial charge is 0.306 e. The van der Waals surface area contributed by atoms with Crippen molar-refractivity contribution in [2.24, 2.45) is 0 Å². The number of aliphatic carboxylic acids is 1. The highest BCUT2D eigenvalue weighted by Crippen LogP contribution is 2.28. The number of aromatic nitrogens is 6. The van der Waals surface area contributed by atoms with Gasteiger partial charge in [-0.1, -0.05) is 54.6 Å². The second-order valence-electron chi connectivity index (χ2n) is 17.7. The van der Waals surface area contributed by atoms with E-state index in [1.54, 1.807) is 60.6 Å². The van der Waals surface area contributed by atoms with Crippen LogP contribution < -0.4 is 9.47 Å². The number of carbonyl (C=O) groups excluding carboxylic acids is 2. The van der Waals surface area contributed by atoms with Crippen molar-refractivity contribution in [1.29, 1.82) is 0 Å². The fourth-order valence-corrected chi connectivity index (χ4v) is 7.82. The van der Waals surface area contributed by atoms with Gasteiger partial charge in [-0.05, 0) is 123 Å². The van der Waals surface area contributed by atoms with Crippen molar-refractivity contribution < 1.29 is 75.0 Å². The molecule has 0 aliphatic carbocycles. The lowest BCUT2D eigenvalue weighted by Crippen LogP contribution is -2.07. The zero-order valence-electron chi connectivity index (χ0n) is 45.0. The molecule has 3 aromatic heterocycles. The lowest BCUT2D eigenvalue weighted by Gasteiger charge is -2.12. The van der Waals surface area contributed by atoms with Crippen molar-refractivity contribution in [2.75, 3.05) is 13.2 Å². The molecule has 16 nitrogen and oxygen atoms in total. The van der Waals surface area contributed by atoms with Crippen LogP contribution in [0.5, 0.6) is 17.2 Å². The molecule has 9 rings (SSSR count). The highest BCUT2D eigenvalue weighted by atomic mass is 19.2. The van der Waals surface area contributed by atoms with Crippen LogP contribution in [-0.2, 0) is 62.9 Å². The number of phenols is 1. The third kappa shape index (κ3) is 19.0. The first-order valence-corrected chi connectivity index (χ1v) is 25.8. The van der Waals surface area contributed by atoms with E-state index in [0.717, 1.165) is 47.0 Å². The number of imidazole rings is 3. The fourth-order valence-electron chi connectivity index (χ4n) is 7.82. The Morgan fingerprint density at radius 1 is 0.470 bits per heavy atom. The summed E-state index contributed by atoms with van der Waals surface area (Å²) in [7, 11) is 0. The van der Waals surface area contributed by atoms with Gasteiger partial charge in [0.2, 0.25) is 0 Å². The van der Waals surface area contributed by atoms with Gasteiger partial charge < -0.3 is 38.8 Å². The molecular formula is C61H58F6N6O10. The quantitative estimate of drug-likeness (QED) is 0.0453. The Morgan fingerprint density at radius 3 is 1.11 bits per heavy atom. The van der Waals surface area contributed by atoms with Crippen LogP contribution in [0.15, 0.2) is 165 Å². The standard InChI is InChI=1S/C21H20F2N2O3.C19H16F2N2O3.C11H12F2O3.C10H10N2O/c1-2-27-20(26)9-8-15-10-18(22)21(19(23)11-15)28-13-17-12-24-14-25(17)16-6-4-3-5-7-16;20-16-8-13(6-7-18(24)25)9-17(21)19(16)26-11-15-10-22-12-23(15)14-4-2-1-3-5-14;1-2-16-10(14)4-3-7-5-8(12)11(15)9(13)6-7;13-7-10-6-11-8-12(10)9-4-2-1-3-5-9/h3-7,10-12,14H,2,8-9,13H2,1H3;1-5,8-10,12H,6-7,11H2,(H,24,25);5-6,15H,2-4H2,1H3;1-6,8,13H,7H2. The zero-order valence-corrected chi connectivity index (χ0v) is 45.0. The molecule has 0 amide bonds. The second kappa shape index (κ2) is 31.9. The van der Waals surface area contributed by atoms with E-state index in [2.05, 4.69) is 19.7 Å². The van der Waals surface area contributed by atoms with Crippen molar-refractivity contribution >= 4 is 17.9 Å². The Bertz CT molecular complexity index is 3440. The topological polar surface area (TPSA) is 202 Å². The van der Waals surface area contributed by atoms with Crippen LogP contribution in [0.4, 0.5) is 26.3 Å². The number of para-hydroxylation sites is 3. The van der Waals surface area contributed by atoms with Gasteiger partial charge in [0.05, 0.1) is 74.5 Å². The van der Waals surface area contributed by atoms with E-state index in [4.69, 9.17) is 29.5 Å². The fraction of sp³-hybridized carbons (Fsp3) is 0.213. The average Bonchev–Trinajstić information content (AvgIpc) is 4.45. The Labute approximate surface area is 473 Å². The summed E-state index contributed by atoms with van der Waals surface area (Å²) in [6, 6.07) is 35.2. The SMILES string of the molecule is CCOC(=O)CCc1cc(F)c(O)c(F)c1.CCOC(=O)CCc1cc(F)c(OCc2cncn2-c2ccccc2)c(F)c1.O=C(O)CCc1cc(F)c(OCc2cncn2-c2ccccc2)c(F)c1.OCc1cncn1-c1ccccc1. The molecule has 22 heteroatoms. The van der Waals surface area contributed by atoms with Crippen LogP contribution in [-0.4, -0.2) is 75.1 Å². The molecule has 0 bridgehead atoms. The van der Waals surface area contributed by atoms with E-state index in [1.165, 1.54) is 12.1 Å². The Morgan fingerprint density at radius 2 is 0.783 bits per heavy atom. The predicted octanol–water partition coefficient (Wildman–Crippen LogP) is 11.5. The van der Waals surface area contributed by atoms with Crippen molar-refractivity contribution in [2.45, 2.75) is 72.2 Å². The first-order chi connectivity index (χ1) is 40.1. The summed E-state index contributed by atoms with van der Waals surface area (Å²) in [6.07, 6.45) is 10.0. The number of carbonyl (C=O) groups is 3. The molecule has 0 unspecified atom stereocenters. The number of rotatable bonds is 21. The molecular weight excluding hydrogens is 1090 g/mol. The number of aromatic hydroxyl groups is 1. The van der Waals surface area contributed by atoms with Gasteiger partial charge in [0.15, 0.2) is 52.2 Å². The normalized spacial score (nSPS) is 10.5. The second-order valence-corrected chi connectivity index (χ2v) is 17.7. The van der Waals surface area contributed by atoms with Crippen LogP contribution in [0, 0.1) is 34.9 Å². The van der Waals surface area contributed by atoms with Crippen LogP contribution in [0.25, 0.3) is 17.1 Å². The Hall–Kier alpha value is -9.70. The molecule has 0 atom stereocenters. The van der Waals surface area contributed by atoms with Gasteiger partial charge in [-0.15, -0.1) is 0 Å². The minimum absolute atomic E-state index is 0.00882. The molecule has 83 heavy (non-hydrogen) atoms. The predicted molar refractivity (Wildman–Crippen MR) is 292 cm³/mol. The molecule has 9 aromatic rings. The molecule has 3 heterocycles. The van der Waals surface area contributed by atoms with Crippen molar-refractivity contribution in [3.63, 3.8) is 0 Å². The molecule has 3 N–H and O–H groups in total. The van der Waals surface area contributed by atoms with Crippen molar-refractivity contribution in [3.05, 3.63) is 234 Å². The van der Waals surface area contributed by atoms with Crippen LogP contribution in [0.2, 0.25) is 0 Å². The molecule has 0 fully saturated rings. The number of halogens is 6. The number of carboxylic acid groups (broad SMARTS) is 1. The van der Waals surface area contributed by atoms with Gasteiger partial charge >= 0.3 is 17.9 Å². The maximum absolute atomic E-state index is 14.3. The number of nitrogens with zero attached hydrogens (tertiary/aromatic N) is 6. The maximum Gasteiger partial charge on any atom is 0.306 e. The summed E-state index contributed by atoms with van der Waals surface area (Å²) in [5.41, 5.74) is 5.76. The van der Waals surface area contributed by atoms with Gasteiger partial charge in [0.25, 0.3) is 0 Å². The summed E-state index contributed by atoms with van der Waals surface area (Å²) < 4.78 is 108. The number of aliphatic hydroxyl groups is 1. The van der Waals surface area contributed by atoms with Gasteiger partial charge in [-0.2, -0.15) is 0 Å². The minimum atomic E-state index is -1.03. The van der Waals surface area contributed by atoms with E-state index in [9.17, 15) is 40.7 Å². The lowest BCUT2D eigenvalue weighted by atomic mass is 10.1. The molecule has 0 saturated carbocycles. The monoisotopic (exact) mass is 1150 g/mol. The third-order valence-corrected chi connectivity index (χ3v) is 11.8. The van der Waals surface area contributed by atoms with Gasteiger partial charge in [-0.25, -0.2) is 41.3 Å². The Balaban J connectivity index is 0.000000185. The molecule has 0 spiro atoms. The summed E-state index contributed by atoms with van der Waals surface area (Å²) in [6.45, 7) is 3.81. The highest BCUT2D eigenvalue weighted by molar-refractivity contribution is 5.70. The van der Waals surface area contributed by atoms with Crippen LogP contribution >= 0.6 is 0 Å². The van der Waals surface area contributed by atoms with E-state index in [0.29, 0.717) is 22.5 Å². The zero-order chi connectivity index (χ0) is 59.7. The van der Waals surface area contributed by atoms with E-state index < -0.39 is 70.1 Å². The number of benzene rings is 6. The molecule has 434 valence electrons. The van der Waals surface area contributed by atoms with Crippen LogP contribution in [0.1, 0.15) is 66.9 Å².